The minimum Gasteiger partial charge on any atom is -0.335 e. The lowest BCUT2D eigenvalue weighted by molar-refractivity contribution is -0.131. The number of nitrogens with zero attached hydrogens (tertiary/aromatic N) is 1. The maximum atomic E-state index is 12.3. The van der Waals surface area contributed by atoms with Gasteiger partial charge in [-0.25, -0.2) is 0 Å². The van der Waals surface area contributed by atoms with Gasteiger partial charge < -0.3 is 4.90 Å². The van der Waals surface area contributed by atoms with E-state index < -0.39 is 27.8 Å². The van der Waals surface area contributed by atoms with Crippen molar-refractivity contribution in [2.45, 2.75) is 18.9 Å². The molecule has 6 nitrogen and oxygen atoms in total. The molecule has 1 aliphatic rings. The van der Waals surface area contributed by atoms with Crippen molar-refractivity contribution in [3.05, 3.63) is 35.9 Å². The van der Waals surface area contributed by atoms with Gasteiger partial charge in [-0.1, -0.05) is 30.3 Å². The standard InChI is InChI=1S/C14H17NO5S/c1-15-12(7-8-21(18,19)20)13(16)11(14(15)17)9-10-5-3-2-4-6-10/h2-6,11-12H,7-9H2,1H3,(H,18,19,20). The normalized spacial score (nSPS) is 22.9. The summed E-state index contributed by atoms with van der Waals surface area (Å²) in [6.45, 7) is 0. The van der Waals surface area contributed by atoms with Crippen molar-refractivity contribution in [2.24, 2.45) is 5.92 Å². The Hall–Kier alpha value is -1.73. The molecule has 2 atom stereocenters. The van der Waals surface area contributed by atoms with Crippen molar-refractivity contribution in [1.29, 1.82) is 0 Å². The minimum atomic E-state index is -4.14. The highest BCUT2D eigenvalue weighted by Crippen LogP contribution is 2.25. The van der Waals surface area contributed by atoms with Crippen LogP contribution in [0.3, 0.4) is 0 Å². The van der Waals surface area contributed by atoms with E-state index in [0.29, 0.717) is 6.42 Å². The number of carbonyl (C=O) groups excluding carboxylic acids is 2. The molecule has 1 heterocycles. The average Bonchev–Trinajstić information content (AvgIpc) is 2.61. The molecule has 1 fully saturated rings. The predicted molar refractivity (Wildman–Crippen MR) is 76.2 cm³/mol. The van der Waals surface area contributed by atoms with Crippen LogP contribution < -0.4 is 0 Å². The Labute approximate surface area is 123 Å². The molecule has 21 heavy (non-hydrogen) atoms. The van der Waals surface area contributed by atoms with E-state index in [2.05, 4.69) is 0 Å². The first-order valence-corrected chi connectivity index (χ1v) is 8.20. The summed E-state index contributed by atoms with van der Waals surface area (Å²) in [5.41, 5.74) is 0.882. The van der Waals surface area contributed by atoms with Crippen LogP contribution in [0.2, 0.25) is 0 Å². The first kappa shape index (κ1) is 15.7. The van der Waals surface area contributed by atoms with Crippen LogP contribution in [0.1, 0.15) is 12.0 Å². The number of likely N-dealkylation sites (N-methyl/N-ethyl adjacent to an activating group) is 1. The molecule has 1 amide bonds. The molecule has 1 saturated heterocycles. The second-order valence-electron chi connectivity index (χ2n) is 5.18. The van der Waals surface area contributed by atoms with Crippen LogP contribution in [0, 0.1) is 5.92 Å². The predicted octanol–water partition coefficient (Wildman–Crippen LogP) is 0.533. The van der Waals surface area contributed by atoms with Crippen LogP contribution in [0.15, 0.2) is 30.3 Å². The third-order valence-corrected chi connectivity index (χ3v) is 4.47. The van der Waals surface area contributed by atoms with Crippen LogP contribution in [0.4, 0.5) is 0 Å². The Kier molecular flexibility index (Phi) is 4.43. The third kappa shape index (κ3) is 3.68. The lowest BCUT2D eigenvalue weighted by Crippen LogP contribution is -2.33. The van der Waals surface area contributed by atoms with Gasteiger partial charge in [0.15, 0.2) is 5.78 Å². The van der Waals surface area contributed by atoms with E-state index in [-0.39, 0.29) is 18.1 Å². The molecule has 1 aliphatic heterocycles. The molecule has 1 aromatic rings. The summed E-state index contributed by atoms with van der Waals surface area (Å²) in [6.07, 6.45) is 0.233. The molecule has 2 rings (SSSR count). The number of amides is 1. The zero-order valence-corrected chi connectivity index (χ0v) is 12.4. The van der Waals surface area contributed by atoms with Gasteiger partial charge in [0.1, 0.15) is 5.92 Å². The number of benzene rings is 1. The molecule has 114 valence electrons. The monoisotopic (exact) mass is 311 g/mol. The van der Waals surface area contributed by atoms with Crippen molar-refractivity contribution in [3.63, 3.8) is 0 Å². The molecule has 0 bridgehead atoms. The zero-order valence-electron chi connectivity index (χ0n) is 11.6. The minimum absolute atomic E-state index is 0.0782. The highest BCUT2D eigenvalue weighted by atomic mass is 32.2. The number of ketones is 1. The maximum absolute atomic E-state index is 12.3. The average molecular weight is 311 g/mol. The zero-order chi connectivity index (χ0) is 15.6. The smallest absolute Gasteiger partial charge is 0.264 e. The summed E-state index contributed by atoms with van der Waals surface area (Å²) in [7, 11) is -2.66. The number of likely N-dealkylation sites (tertiary alicyclic amines) is 1. The lowest BCUT2D eigenvalue weighted by Gasteiger charge is -2.17. The van der Waals surface area contributed by atoms with Crippen molar-refractivity contribution in [2.75, 3.05) is 12.8 Å². The van der Waals surface area contributed by atoms with Gasteiger partial charge in [-0.2, -0.15) is 8.42 Å². The Morgan fingerprint density at radius 3 is 2.38 bits per heavy atom. The number of rotatable bonds is 5. The second-order valence-corrected chi connectivity index (χ2v) is 6.76. The summed E-state index contributed by atoms with van der Waals surface area (Å²) in [6, 6.07) is 8.41. The molecule has 2 unspecified atom stereocenters. The highest BCUT2D eigenvalue weighted by Gasteiger charge is 2.45. The van der Waals surface area contributed by atoms with Crippen LogP contribution in [0.5, 0.6) is 0 Å². The van der Waals surface area contributed by atoms with Gasteiger partial charge in [0.25, 0.3) is 10.1 Å². The molecule has 0 spiro atoms. The fourth-order valence-electron chi connectivity index (χ4n) is 2.58. The van der Waals surface area contributed by atoms with E-state index in [0.717, 1.165) is 5.56 Å². The molecule has 0 aromatic heterocycles. The second kappa shape index (κ2) is 5.95. The molecule has 7 heteroatoms. The largest absolute Gasteiger partial charge is 0.335 e. The fraction of sp³-hybridized carbons (Fsp3) is 0.429. The van der Waals surface area contributed by atoms with Crippen molar-refractivity contribution >= 4 is 21.8 Å². The lowest BCUT2D eigenvalue weighted by atomic mass is 9.94. The molecular weight excluding hydrogens is 294 g/mol. The van der Waals surface area contributed by atoms with Crippen molar-refractivity contribution < 1.29 is 22.6 Å². The van der Waals surface area contributed by atoms with E-state index in [1.165, 1.54) is 11.9 Å². The Balaban J connectivity index is 2.11. The first-order chi connectivity index (χ1) is 9.79. The molecule has 0 aliphatic carbocycles. The number of Topliss-reactive ketones (excluding diaryl/α,β-unsaturated/α-hetero) is 1. The SMILES string of the molecule is CN1C(=O)C(Cc2ccccc2)C(=O)C1CCS(=O)(=O)O. The third-order valence-electron chi connectivity index (χ3n) is 3.72. The topological polar surface area (TPSA) is 91.8 Å². The number of hydrogen-bond acceptors (Lipinski definition) is 4. The highest BCUT2D eigenvalue weighted by molar-refractivity contribution is 7.85. The van der Waals surface area contributed by atoms with Crippen LogP contribution in [-0.4, -0.2) is 48.4 Å². The van der Waals surface area contributed by atoms with Gasteiger partial charge in [-0.05, 0) is 18.4 Å². The summed E-state index contributed by atoms with van der Waals surface area (Å²) in [4.78, 5) is 25.7. The van der Waals surface area contributed by atoms with Crippen molar-refractivity contribution in [3.8, 4) is 0 Å². The first-order valence-electron chi connectivity index (χ1n) is 6.59. The van der Waals surface area contributed by atoms with Crippen LogP contribution in [-0.2, 0) is 26.1 Å². The number of carbonyl (C=O) groups is 2. The van der Waals surface area contributed by atoms with E-state index in [9.17, 15) is 18.0 Å². The molecule has 1 N–H and O–H groups in total. The Bertz CT molecular complexity index is 641. The van der Waals surface area contributed by atoms with E-state index in [4.69, 9.17) is 4.55 Å². The van der Waals surface area contributed by atoms with Gasteiger partial charge >= 0.3 is 0 Å². The summed E-state index contributed by atoms with van der Waals surface area (Å²) in [5.74, 6) is -1.89. The number of hydrogen-bond donors (Lipinski definition) is 1. The van der Waals surface area contributed by atoms with Gasteiger partial charge in [-0.3, -0.25) is 14.1 Å². The maximum Gasteiger partial charge on any atom is 0.264 e. The quantitative estimate of drug-likeness (QED) is 0.633. The summed E-state index contributed by atoms with van der Waals surface area (Å²) >= 11 is 0. The van der Waals surface area contributed by atoms with E-state index in [1.807, 2.05) is 30.3 Å². The molecular formula is C14H17NO5S. The van der Waals surface area contributed by atoms with Gasteiger partial charge in [-0.15, -0.1) is 0 Å². The van der Waals surface area contributed by atoms with E-state index >= 15 is 0 Å². The van der Waals surface area contributed by atoms with Crippen molar-refractivity contribution in [1.82, 2.24) is 4.90 Å². The Morgan fingerprint density at radius 2 is 1.81 bits per heavy atom. The summed E-state index contributed by atoms with van der Waals surface area (Å²) in [5, 5.41) is 0. The molecule has 0 radical (unpaired) electrons. The van der Waals surface area contributed by atoms with Gasteiger partial charge in [0, 0.05) is 7.05 Å². The summed E-state index contributed by atoms with van der Waals surface area (Å²) < 4.78 is 30.4. The van der Waals surface area contributed by atoms with E-state index in [1.54, 1.807) is 0 Å². The Morgan fingerprint density at radius 1 is 1.19 bits per heavy atom. The van der Waals surface area contributed by atoms with Gasteiger partial charge in [0.2, 0.25) is 5.91 Å². The van der Waals surface area contributed by atoms with Crippen LogP contribution >= 0.6 is 0 Å². The van der Waals surface area contributed by atoms with Crippen LogP contribution in [0.25, 0.3) is 0 Å². The fourth-order valence-corrected chi connectivity index (χ4v) is 3.10. The molecule has 0 saturated carbocycles. The van der Waals surface area contributed by atoms with Gasteiger partial charge in [0.05, 0.1) is 11.8 Å². The molecule has 1 aromatic carbocycles.